The van der Waals surface area contributed by atoms with Gasteiger partial charge >= 0.3 is 0 Å². The molecule has 1 aliphatic rings. The molecule has 1 fully saturated rings. The standard InChI is InChI=1S/C12H13N3O4/c13-8-1-3-9(4-2-8)14-10(16)5-15-11(17)6-19-7-12(15)18/h1-4H,5-7,13H2,(H,14,16). The van der Waals surface area contributed by atoms with Crippen LogP contribution in [0.2, 0.25) is 0 Å². The molecule has 0 saturated carbocycles. The Balaban J connectivity index is 1.95. The summed E-state index contributed by atoms with van der Waals surface area (Å²) in [6, 6.07) is 6.55. The summed E-state index contributed by atoms with van der Waals surface area (Å²) in [6.45, 7) is -0.673. The second-order valence-corrected chi connectivity index (χ2v) is 4.04. The van der Waals surface area contributed by atoms with E-state index >= 15 is 0 Å². The molecule has 0 bridgehead atoms. The average Bonchev–Trinajstić information content (AvgIpc) is 2.37. The van der Waals surface area contributed by atoms with Crippen molar-refractivity contribution in [1.82, 2.24) is 4.90 Å². The van der Waals surface area contributed by atoms with Crippen LogP contribution in [0.15, 0.2) is 24.3 Å². The van der Waals surface area contributed by atoms with E-state index < -0.39 is 17.7 Å². The van der Waals surface area contributed by atoms with Crippen LogP contribution in [0.4, 0.5) is 11.4 Å². The number of hydrogen-bond donors (Lipinski definition) is 2. The Kier molecular flexibility index (Phi) is 3.76. The van der Waals surface area contributed by atoms with Crippen molar-refractivity contribution in [2.24, 2.45) is 0 Å². The Hall–Kier alpha value is -2.41. The molecule has 0 aliphatic carbocycles. The van der Waals surface area contributed by atoms with Gasteiger partial charge in [-0.2, -0.15) is 0 Å². The lowest BCUT2D eigenvalue weighted by atomic mass is 10.3. The number of rotatable bonds is 3. The van der Waals surface area contributed by atoms with E-state index in [4.69, 9.17) is 10.5 Å². The third kappa shape index (κ3) is 3.29. The third-order valence-corrected chi connectivity index (χ3v) is 2.55. The molecular formula is C12H13N3O4. The third-order valence-electron chi connectivity index (χ3n) is 2.55. The lowest BCUT2D eigenvalue weighted by Gasteiger charge is -2.24. The fourth-order valence-corrected chi connectivity index (χ4v) is 1.61. The first-order chi connectivity index (χ1) is 9.06. The summed E-state index contributed by atoms with van der Waals surface area (Å²) in [4.78, 5) is 35.5. The van der Waals surface area contributed by atoms with Gasteiger partial charge < -0.3 is 15.8 Å². The van der Waals surface area contributed by atoms with Gasteiger partial charge in [-0.1, -0.05) is 0 Å². The maximum absolute atomic E-state index is 11.7. The highest BCUT2D eigenvalue weighted by Gasteiger charge is 2.28. The van der Waals surface area contributed by atoms with Gasteiger partial charge in [0.25, 0.3) is 11.8 Å². The van der Waals surface area contributed by atoms with E-state index in [9.17, 15) is 14.4 Å². The predicted octanol–water partition coefficient (Wildman–Crippen LogP) is -0.407. The quantitative estimate of drug-likeness (QED) is 0.570. The number of morpholine rings is 1. The van der Waals surface area contributed by atoms with E-state index in [1.807, 2.05) is 0 Å². The van der Waals surface area contributed by atoms with Crippen molar-refractivity contribution in [2.75, 3.05) is 30.8 Å². The number of anilines is 2. The molecule has 1 aromatic rings. The fraction of sp³-hybridized carbons (Fsp3) is 0.250. The van der Waals surface area contributed by atoms with Crippen molar-refractivity contribution in [3.63, 3.8) is 0 Å². The lowest BCUT2D eigenvalue weighted by Crippen LogP contribution is -2.49. The van der Waals surface area contributed by atoms with Gasteiger partial charge in [0, 0.05) is 11.4 Å². The highest BCUT2D eigenvalue weighted by atomic mass is 16.5. The first-order valence-corrected chi connectivity index (χ1v) is 5.62. The van der Waals surface area contributed by atoms with Crippen molar-refractivity contribution >= 4 is 29.1 Å². The van der Waals surface area contributed by atoms with Crippen LogP contribution in [-0.2, 0) is 19.1 Å². The maximum atomic E-state index is 11.7. The number of imide groups is 1. The number of amides is 3. The number of nitrogens with two attached hydrogens (primary N) is 1. The van der Waals surface area contributed by atoms with Crippen LogP contribution in [-0.4, -0.2) is 42.4 Å². The number of nitrogens with one attached hydrogen (secondary N) is 1. The average molecular weight is 263 g/mol. The zero-order valence-corrected chi connectivity index (χ0v) is 10.1. The Bertz CT molecular complexity index is 496. The molecule has 100 valence electrons. The molecule has 0 unspecified atom stereocenters. The molecule has 3 amide bonds. The van der Waals surface area contributed by atoms with E-state index in [0.29, 0.717) is 11.4 Å². The largest absolute Gasteiger partial charge is 0.399 e. The SMILES string of the molecule is Nc1ccc(NC(=O)CN2C(=O)COCC2=O)cc1. The molecule has 1 aromatic carbocycles. The van der Waals surface area contributed by atoms with Crippen molar-refractivity contribution in [2.45, 2.75) is 0 Å². The van der Waals surface area contributed by atoms with E-state index in [1.54, 1.807) is 24.3 Å². The molecule has 7 heteroatoms. The zero-order valence-electron chi connectivity index (χ0n) is 10.1. The van der Waals surface area contributed by atoms with Gasteiger partial charge in [0.15, 0.2) is 0 Å². The van der Waals surface area contributed by atoms with E-state index in [0.717, 1.165) is 4.90 Å². The van der Waals surface area contributed by atoms with Crippen molar-refractivity contribution in [3.8, 4) is 0 Å². The van der Waals surface area contributed by atoms with Crippen LogP contribution < -0.4 is 11.1 Å². The van der Waals surface area contributed by atoms with Gasteiger partial charge in [-0.3, -0.25) is 19.3 Å². The summed E-state index contributed by atoms with van der Waals surface area (Å²) in [5.74, 6) is -1.47. The number of carbonyl (C=O) groups is 3. The molecule has 0 aromatic heterocycles. The van der Waals surface area contributed by atoms with Gasteiger partial charge in [0.05, 0.1) is 0 Å². The van der Waals surface area contributed by atoms with Crippen molar-refractivity contribution < 1.29 is 19.1 Å². The number of hydrogen-bond acceptors (Lipinski definition) is 5. The topological polar surface area (TPSA) is 102 Å². The lowest BCUT2D eigenvalue weighted by molar-refractivity contribution is -0.159. The molecule has 19 heavy (non-hydrogen) atoms. The van der Waals surface area contributed by atoms with Gasteiger partial charge in [-0.05, 0) is 24.3 Å². The second kappa shape index (κ2) is 5.49. The number of benzene rings is 1. The van der Waals surface area contributed by atoms with Crippen molar-refractivity contribution in [1.29, 1.82) is 0 Å². The zero-order chi connectivity index (χ0) is 13.8. The Morgan fingerprint density at radius 1 is 1.21 bits per heavy atom. The molecular weight excluding hydrogens is 250 g/mol. The molecule has 1 saturated heterocycles. The molecule has 0 atom stereocenters. The predicted molar refractivity (Wildman–Crippen MR) is 67.0 cm³/mol. The van der Waals surface area contributed by atoms with Crippen LogP contribution in [0.25, 0.3) is 0 Å². The summed E-state index contributed by atoms with van der Waals surface area (Å²) >= 11 is 0. The Labute approximate surface area is 109 Å². The van der Waals surface area contributed by atoms with E-state index in [-0.39, 0.29) is 19.8 Å². The second-order valence-electron chi connectivity index (χ2n) is 4.04. The summed E-state index contributed by atoms with van der Waals surface area (Å²) in [5.41, 5.74) is 6.65. The summed E-state index contributed by atoms with van der Waals surface area (Å²) in [5, 5.41) is 2.58. The van der Waals surface area contributed by atoms with Crippen LogP contribution in [0, 0.1) is 0 Å². The molecule has 0 spiro atoms. The first kappa shape index (κ1) is 13.0. The summed E-state index contributed by atoms with van der Waals surface area (Å²) < 4.78 is 4.75. The highest BCUT2D eigenvalue weighted by Crippen LogP contribution is 2.10. The molecule has 0 radical (unpaired) electrons. The van der Waals surface area contributed by atoms with Crippen molar-refractivity contribution in [3.05, 3.63) is 24.3 Å². The van der Waals surface area contributed by atoms with Crippen LogP contribution in [0.5, 0.6) is 0 Å². The fourth-order valence-electron chi connectivity index (χ4n) is 1.61. The highest BCUT2D eigenvalue weighted by molar-refractivity contribution is 6.03. The number of nitrogens with zero attached hydrogens (tertiary/aromatic N) is 1. The van der Waals surface area contributed by atoms with Crippen LogP contribution in [0.3, 0.4) is 0 Å². The number of nitrogen functional groups attached to an aromatic ring is 1. The van der Waals surface area contributed by atoms with E-state index in [1.165, 1.54) is 0 Å². The molecule has 2 rings (SSSR count). The van der Waals surface area contributed by atoms with Gasteiger partial charge in [-0.25, -0.2) is 0 Å². The summed E-state index contributed by atoms with van der Waals surface area (Å²) in [7, 11) is 0. The molecule has 7 nitrogen and oxygen atoms in total. The number of ether oxygens (including phenoxy) is 1. The smallest absolute Gasteiger partial charge is 0.255 e. The van der Waals surface area contributed by atoms with E-state index in [2.05, 4.69) is 5.32 Å². The maximum Gasteiger partial charge on any atom is 0.255 e. The molecule has 3 N–H and O–H groups in total. The minimum atomic E-state index is -0.510. The monoisotopic (exact) mass is 263 g/mol. The molecule has 1 aliphatic heterocycles. The first-order valence-electron chi connectivity index (χ1n) is 5.62. The minimum absolute atomic E-state index is 0.180. The minimum Gasteiger partial charge on any atom is -0.399 e. The Morgan fingerprint density at radius 2 is 1.79 bits per heavy atom. The normalized spacial score (nSPS) is 15.5. The van der Waals surface area contributed by atoms with Crippen LogP contribution in [0.1, 0.15) is 0 Å². The number of carbonyl (C=O) groups excluding carboxylic acids is 3. The van der Waals surface area contributed by atoms with Crippen LogP contribution >= 0.6 is 0 Å². The van der Waals surface area contributed by atoms with Gasteiger partial charge in [-0.15, -0.1) is 0 Å². The summed E-state index contributed by atoms with van der Waals surface area (Å²) in [6.07, 6.45) is 0. The Morgan fingerprint density at radius 3 is 2.37 bits per heavy atom. The molecule has 1 heterocycles. The van der Waals surface area contributed by atoms with Gasteiger partial charge in [0.1, 0.15) is 19.8 Å². The van der Waals surface area contributed by atoms with Gasteiger partial charge in [0.2, 0.25) is 5.91 Å².